The van der Waals surface area contributed by atoms with Crippen molar-refractivity contribution in [2.75, 3.05) is 20.7 Å². The second kappa shape index (κ2) is 7.76. The van der Waals surface area contributed by atoms with E-state index in [2.05, 4.69) is 29.0 Å². The van der Waals surface area contributed by atoms with Crippen molar-refractivity contribution in [1.82, 2.24) is 14.9 Å². The first kappa shape index (κ1) is 18.1. The number of hydrogen-bond donors (Lipinski definition) is 1. The van der Waals surface area contributed by atoms with Gasteiger partial charge in [-0.1, -0.05) is 0 Å². The molecule has 142 valence electrons. The minimum absolute atomic E-state index is 0.0638. The Bertz CT molecular complexity index is 756. The van der Waals surface area contributed by atoms with Crippen molar-refractivity contribution in [3.05, 3.63) is 16.8 Å². The molecule has 26 heavy (non-hydrogen) atoms. The molecule has 0 bridgehead atoms. The summed E-state index contributed by atoms with van der Waals surface area (Å²) in [6.07, 6.45) is 7.83. The Morgan fingerprint density at radius 2 is 2.08 bits per heavy atom. The van der Waals surface area contributed by atoms with Crippen molar-refractivity contribution >= 4 is 21.6 Å². The number of rotatable bonds is 5. The fourth-order valence-corrected chi connectivity index (χ4v) is 5.16. The fraction of sp³-hybridized carbons (Fsp3) is 0.684. The van der Waals surface area contributed by atoms with Crippen LogP contribution in [0.25, 0.3) is 10.2 Å². The highest BCUT2D eigenvalue weighted by atomic mass is 32.1. The Balaban J connectivity index is 1.56. The lowest BCUT2D eigenvalue weighted by atomic mass is 9.92. The van der Waals surface area contributed by atoms with Gasteiger partial charge in [-0.2, -0.15) is 0 Å². The molecule has 1 N–H and O–H groups in total. The molecule has 0 spiro atoms. The molecular formula is C19H27N3O3S. The first-order valence-electron chi connectivity index (χ1n) is 9.46. The number of aromatic nitrogens is 2. The van der Waals surface area contributed by atoms with Crippen LogP contribution in [0.2, 0.25) is 0 Å². The summed E-state index contributed by atoms with van der Waals surface area (Å²) >= 11 is 1.68. The van der Waals surface area contributed by atoms with Crippen LogP contribution in [-0.2, 0) is 17.8 Å². The maximum atomic E-state index is 9.23. The zero-order chi connectivity index (χ0) is 18.1. The second-order valence-corrected chi connectivity index (χ2v) is 8.61. The molecular weight excluding hydrogens is 350 g/mol. The Hall–Kier alpha value is -1.28. The van der Waals surface area contributed by atoms with Gasteiger partial charge in [0.25, 0.3) is 0 Å². The number of aliphatic hydroxyl groups is 1. The zero-order valence-electron chi connectivity index (χ0n) is 15.5. The molecule has 0 saturated heterocycles. The summed E-state index contributed by atoms with van der Waals surface area (Å²) in [6.45, 7) is 0.742. The van der Waals surface area contributed by atoms with Crippen LogP contribution in [0.3, 0.4) is 0 Å². The molecule has 2 aromatic rings. The van der Waals surface area contributed by atoms with Crippen molar-refractivity contribution < 1.29 is 14.6 Å². The SMILES string of the molecule is CN(C)C1CCC(Oc2ncnc3sc4c(c23)CC(CCO)OC4)CC1. The lowest BCUT2D eigenvalue weighted by Crippen LogP contribution is -2.35. The maximum Gasteiger partial charge on any atom is 0.225 e. The minimum Gasteiger partial charge on any atom is -0.474 e. The van der Waals surface area contributed by atoms with Gasteiger partial charge in [0.05, 0.1) is 18.1 Å². The van der Waals surface area contributed by atoms with Gasteiger partial charge < -0.3 is 19.5 Å². The smallest absolute Gasteiger partial charge is 0.225 e. The first-order valence-corrected chi connectivity index (χ1v) is 10.3. The summed E-state index contributed by atoms with van der Waals surface area (Å²) in [7, 11) is 4.31. The lowest BCUT2D eigenvalue weighted by molar-refractivity contribution is 0.0156. The van der Waals surface area contributed by atoms with Gasteiger partial charge in [0.15, 0.2) is 0 Å². The largest absolute Gasteiger partial charge is 0.474 e. The first-order chi connectivity index (χ1) is 12.7. The summed E-state index contributed by atoms with van der Waals surface area (Å²) in [4.78, 5) is 13.5. The number of aliphatic hydroxyl groups excluding tert-OH is 1. The number of nitrogens with zero attached hydrogens (tertiary/aromatic N) is 3. The van der Waals surface area contributed by atoms with Crippen molar-refractivity contribution in [3.63, 3.8) is 0 Å². The molecule has 3 heterocycles. The Morgan fingerprint density at radius 3 is 2.81 bits per heavy atom. The van der Waals surface area contributed by atoms with Gasteiger partial charge in [0.1, 0.15) is 17.3 Å². The maximum absolute atomic E-state index is 9.23. The van der Waals surface area contributed by atoms with Crippen LogP contribution in [0, 0.1) is 0 Å². The summed E-state index contributed by atoms with van der Waals surface area (Å²) in [5, 5.41) is 10.3. The Morgan fingerprint density at radius 1 is 1.27 bits per heavy atom. The number of hydrogen-bond acceptors (Lipinski definition) is 7. The van der Waals surface area contributed by atoms with E-state index in [-0.39, 0.29) is 18.8 Å². The molecule has 1 aliphatic heterocycles. The van der Waals surface area contributed by atoms with Crippen LogP contribution in [0.4, 0.5) is 0 Å². The van der Waals surface area contributed by atoms with Crippen molar-refractivity contribution in [2.24, 2.45) is 0 Å². The van der Waals surface area contributed by atoms with Gasteiger partial charge in [-0.25, -0.2) is 9.97 Å². The molecule has 2 aromatic heterocycles. The number of fused-ring (bicyclic) bond motifs is 3. The molecule has 0 aromatic carbocycles. The third kappa shape index (κ3) is 3.58. The predicted molar refractivity (Wildman–Crippen MR) is 102 cm³/mol. The Labute approximate surface area is 158 Å². The number of ether oxygens (including phenoxy) is 2. The van der Waals surface area contributed by atoms with E-state index in [9.17, 15) is 5.11 Å². The molecule has 1 aliphatic carbocycles. The highest BCUT2D eigenvalue weighted by Gasteiger charge is 2.28. The van der Waals surface area contributed by atoms with E-state index in [0.717, 1.165) is 35.4 Å². The lowest BCUT2D eigenvalue weighted by Gasteiger charge is -2.32. The second-order valence-electron chi connectivity index (χ2n) is 7.52. The van der Waals surface area contributed by atoms with E-state index < -0.39 is 0 Å². The predicted octanol–water partition coefficient (Wildman–Crippen LogP) is 2.77. The minimum atomic E-state index is 0.0638. The molecule has 1 atom stereocenters. The molecule has 0 radical (unpaired) electrons. The molecule has 1 fully saturated rings. The van der Waals surface area contributed by atoms with Crippen molar-refractivity contribution in [1.29, 1.82) is 0 Å². The highest BCUT2D eigenvalue weighted by molar-refractivity contribution is 7.18. The van der Waals surface area contributed by atoms with Crippen LogP contribution in [0.1, 0.15) is 42.5 Å². The van der Waals surface area contributed by atoms with Crippen LogP contribution in [-0.4, -0.2) is 58.9 Å². The number of thiophene rings is 1. The van der Waals surface area contributed by atoms with E-state index in [0.29, 0.717) is 19.1 Å². The fourth-order valence-electron chi connectivity index (χ4n) is 4.08. The molecule has 4 rings (SSSR count). The van der Waals surface area contributed by atoms with Gasteiger partial charge in [-0.3, -0.25) is 0 Å². The molecule has 7 heteroatoms. The van der Waals surface area contributed by atoms with Crippen molar-refractivity contribution in [2.45, 2.75) is 63.4 Å². The molecule has 0 amide bonds. The third-order valence-corrected chi connectivity index (χ3v) is 6.73. The summed E-state index contributed by atoms with van der Waals surface area (Å²) in [5.41, 5.74) is 1.26. The van der Waals surface area contributed by atoms with Crippen molar-refractivity contribution in [3.8, 4) is 5.88 Å². The molecule has 2 aliphatic rings. The quantitative estimate of drug-likeness (QED) is 0.864. The van der Waals surface area contributed by atoms with Crippen LogP contribution >= 0.6 is 11.3 Å². The summed E-state index contributed by atoms with van der Waals surface area (Å²) in [5.74, 6) is 0.727. The normalized spacial score (nSPS) is 26.2. The van der Waals surface area contributed by atoms with E-state index in [1.807, 2.05) is 0 Å². The van der Waals surface area contributed by atoms with E-state index in [1.54, 1.807) is 17.7 Å². The van der Waals surface area contributed by atoms with Crippen LogP contribution < -0.4 is 4.74 Å². The zero-order valence-corrected chi connectivity index (χ0v) is 16.3. The molecule has 1 saturated carbocycles. The molecule has 1 unspecified atom stereocenters. The van der Waals surface area contributed by atoms with Gasteiger partial charge in [-0.15, -0.1) is 11.3 Å². The topological polar surface area (TPSA) is 67.7 Å². The van der Waals surface area contributed by atoms with E-state index >= 15 is 0 Å². The van der Waals surface area contributed by atoms with E-state index in [1.165, 1.54) is 23.3 Å². The third-order valence-electron chi connectivity index (χ3n) is 5.62. The summed E-state index contributed by atoms with van der Waals surface area (Å²) < 4.78 is 12.2. The standard InChI is InChI=1S/C19H27N3O3S/c1-22(2)12-3-5-13(6-4-12)25-18-17-15-9-14(7-8-23)24-10-16(15)26-19(17)21-11-20-18/h11-14,23H,3-10H2,1-2H3. The summed E-state index contributed by atoms with van der Waals surface area (Å²) in [6, 6.07) is 0.658. The van der Waals surface area contributed by atoms with Gasteiger partial charge >= 0.3 is 0 Å². The van der Waals surface area contributed by atoms with Gasteiger partial charge in [0.2, 0.25) is 5.88 Å². The average molecular weight is 378 g/mol. The highest BCUT2D eigenvalue weighted by Crippen LogP contribution is 2.40. The van der Waals surface area contributed by atoms with E-state index in [4.69, 9.17) is 9.47 Å². The monoisotopic (exact) mass is 377 g/mol. The van der Waals surface area contributed by atoms with Crippen LogP contribution in [0.15, 0.2) is 6.33 Å². The Kier molecular flexibility index (Phi) is 5.40. The van der Waals surface area contributed by atoms with Crippen LogP contribution in [0.5, 0.6) is 5.88 Å². The van der Waals surface area contributed by atoms with Gasteiger partial charge in [0, 0.05) is 23.9 Å². The van der Waals surface area contributed by atoms with Gasteiger partial charge in [-0.05, 0) is 51.8 Å². The average Bonchev–Trinajstić information content (AvgIpc) is 3.01. The molecule has 6 nitrogen and oxygen atoms in total.